The summed E-state index contributed by atoms with van der Waals surface area (Å²) in [6.45, 7) is 6.49. The fourth-order valence-corrected chi connectivity index (χ4v) is 5.83. The molecule has 0 saturated heterocycles. The van der Waals surface area contributed by atoms with E-state index in [-0.39, 0.29) is 25.3 Å². The molecule has 3 heterocycles. The van der Waals surface area contributed by atoms with Crippen LogP contribution in [0.1, 0.15) is 53.9 Å². The van der Waals surface area contributed by atoms with Crippen LogP contribution in [0.15, 0.2) is 41.1 Å². The lowest BCUT2D eigenvalue weighted by molar-refractivity contribution is -0.154. The van der Waals surface area contributed by atoms with Crippen LogP contribution in [0.25, 0.3) is 10.8 Å². The molecule has 3 N–H and O–H groups in total. The standard InChI is InChI=1S/C26H31N3O7S/c1-5-16-8-6-7-9-17(16)18(35-13-11-30)14-28-23-19(15(2)20(37-23)21-27-10-12-36-21)22(31)29(25(28)34)26(3,4)24(32)33/h6-10,12,18,25,30,34H,5,11,13-14H2,1-4H3,(H,32,33). The molecule has 10 nitrogen and oxygen atoms in total. The maximum Gasteiger partial charge on any atom is 0.329 e. The van der Waals surface area contributed by atoms with Gasteiger partial charge in [0.15, 0.2) is 0 Å². The number of thiophene rings is 1. The van der Waals surface area contributed by atoms with Crippen molar-refractivity contribution in [1.82, 2.24) is 9.88 Å². The number of anilines is 1. The normalized spacial score (nSPS) is 16.7. The summed E-state index contributed by atoms with van der Waals surface area (Å²) in [5, 5.41) is 31.4. The maximum atomic E-state index is 13.7. The fourth-order valence-electron chi connectivity index (χ4n) is 4.57. The van der Waals surface area contributed by atoms with Gasteiger partial charge in [0.2, 0.25) is 12.2 Å². The number of carbonyl (C=O) groups is 2. The molecule has 0 spiro atoms. The summed E-state index contributed by atoms with van der Waals surface area (Å²) in [6.07, 6.45) is 1.51. The largest absolute Gasteiger partial charge is 0.480 e. The van der Waals surface area contributed by atoms with Crippen LogP contribution in [0.5, 0.6) is 0 Å². The van der Waals surface area contributed by atoms with Crippen molar-refractivity contribution in [2.45, 2.75) is 52.1 Å². The first-order valence-electron chi connectivity index (χ1n) is 12.0. The van der Waals surface area contributed by atoms with Gasteiger partial charge in [-0.1, -0.05) is 31.2 Å². The number of aliphatic hydroxyl groups excluding tert-OH is 2. The maximum absolute atomic E-state index is 13.7. The number of aryl methyl sites for hydroxylation is 1. The quantitative estimate of drug-likeness (QED) is 0.361. The van der Waals surface area contributed by atoms with Crippen LogP contribution >= 0.6 is 11.3 Å². The van der Waals surface area contributed by atoms with Crippen molar-refractivity contribution in [2.75, 3.05) is 24.7 Å². The number of fused-ring (bicyclic) bond motifs is 1. The summed E-state index contributed by atoms with van der Waals surface area (Å²) in [4.78, 5) is 33.3. The van der Waals surface area contributed by atoms with Gasteiger partial charge in [-0.2, -0.15) is 0 Å². The molecule has 2 aromatic heterocycles. The van der Waals surface area contributed by atoms with Crippen molar-refractivity contribution in [1.29, 1.82) is 0 Å². The minimum atomic E-state index is -1.72. The zero-order valence-corrected chi connectivity index (χ0v) is 22.0. The third kappa shape index (κ3) is 4.75. The monoisotopic (exact) mass is 529 g/mol. The topological polar surface area (TPSA) is 137 Å². The molecule has 1 amide bonds. The Balaban J connectivity index is 1.87. The van der Waals surface area contributed by atoms with Gasteiger partial charge in [-0.25, -0.2) is 9.78 Å². The van der Waals surface area contributed by atoms with Gasteiger partial charge in [-0.05, 0) is 43.9 Å². The van der Waals surface area contributed by atoms with E-state index in [0.29, 0.717) is 21.3 Å². The van der Waals surface area contributed by atoms with Gasteiger partial charge in [0.1, 0.15) is 22.9 Å². The molecule has 0 radical (unpaired) electrons. The van der Waals surface area contributed by atoms with Crippen LogP contribution in [0, 0.1) is 6.92 Å². The average molecular weight is 530 g/mol. The van der Waals surface area contributed by atoms with E-state index < -0.39 is 29.9 Å². The molecule has 0 saturated carbocycles. The molecule has 1 aliphatic rings. The first-order valence-corrected chi connectivity index (χ1v) is 12.8. The number of hydrogen-bond donors (Lipinski definition) is 3. The highest BCUT2D eigenvalue weighted by Gasteiger charge is 2.50. The van der Waals surface area contributed by atoms with Crippen molar-refractivity contribution in [3.63, 3.8) is 0 Å². The van der Waals surface area contributed by atoms with E-state index in [1.54, 1.807) is 11.8 Å². The molecule has 0 fully saturated rings. The van der Waals surface area contributed by atoms with Crippen LogP contribution in [0.4, 0.5) is 5.00 Å². The highest BCUT2D eigenvalue weighted by molar-refractivity contribution is 7.20. The number of nitrogens with zero attached hydrogens (tertiary/aromatic N) is 3. The Labute approximate surface area is 218 Å². The lowest BCUT2D eigenvalue weighted by Gasteiger charge is -2.47. The summed E-state index contributed by atoms with van der Waals surface area (Å²) >= 11 is 1.24. The summed E-state index contributed by atoms with van der Waals surface area (Å²) in [5.41, 5.74) is 1.07. The summed E-state index contributed by atoms with van der Waals surface area (Å²) < 4.78 is 11.5. The lowest BCUT2D eigenvalue weighted by atomic mass is 9.97. The molecular formula is C26H31N3O7S. The second-order valence-electron chi connectivity index (χ2n) is 9.25. The number of ether oxygens (including phenoxy) is 1. The molecule has 1 aromatic carbocycles. The summed E-state index contributed by atoms with van der Waals surface area (Å²) in [7, 11) is 0. The number of amides is 1. The highest BCUT2D eigenvalue weighted by Crippen LogP contribution is 2.47. The number of aromatic nitrogens is 1. The molecular weight excluding hydrogens is 498 g/mol. The van der Waals surface area contributed by atoms with E-state index in [2.05, 4.69) is 4.98 Å². The van der Waals surface area contributed by atoms with Gasteiger partial charge in [-0.15, -0.1) is 11.3 Å². The Morgan fingerprint density at radius 1 is 1.32 bits per heavy atom. The van der Waals surface area contributed by atoms with E-state index >= 15 is 0 Å². The molecule has 4 rings (SSSR count). The smallest absolute Gasteiger partial charge is 0.329 e. The number of benzene rings is 1. The first-order chi connectivity index (χ1) is 17.6. The molecule has 11 heteroatoms. The molecule has 2 atom stereocenters. The SMILES string of the molecule is CCc1ccccc1C(CN1c2sc(-c3ncco3)c(C)c2C(=O)N(C(C)(C)C(=O)O)C1O)OCCO. The molecule has 0 aliphatic carbocycles. The zero-order valence-electron chi connectivity index (χ0n) is 21.2. The van der Waals surface area contributed by atoms with E-state index in [9.17, 15) is 24.9 Å². The number of carbonyl (C=O) groups excluding carboxylic acids is 1. The Hall–Kier alpha value is -3.25. The van der Waals surface area contributed by atoms with Gasteiger partial charge in [-0.3, -0.25) is 9.69 Å². The predicted octanol–water partition coefficient (Wildman–Crippen LogP) is 3.43. The second kappa shape index (κ2) is 10.6. The molecule has 198 valence electrons. The Kier molecular flexibility index (Phi) is 7.69. The molecule has 2 unspecified atom stereocenters. The van der Waals surface area contributed by atoms with E-state index in [4.69, 9.17) is 9.15 Å². The molecule has 3 aromatic rings. The van der Waals surface area contributed by atoms with Crippen LogP contribution in [-0.4, -0.2) is 68.7 Å². The van der Waals surface area contributed by atoms with Crippen molar-refractivity contribution < 1.29 is 34.1 Å². The van der Waals surface area contributed by atoms with Gasteiger partial charge in [0.25, 0.3) is 5.91 Å². The van der Waals surface area contributed by atoms with Gasteiger partial charge in [0, 0.05) is 0 Å². The Morgan fingerprint density at radius 3 is 2.68 bits per heavy atom. The lowest BCUT2D eigenvalue weighted by Crippen LogP contribution is -2.65. The zero-order chi connectivity index (χ0) is 26.9. The fraction of sp³-hybridized carbons (Fsp3) is 0.423. The third-order valence-electron chi connectivity index (χ3n) is 6.64. The van der Waals surface area contributed by atoms with Crippen molar-refractivity contribution >= 4 is 28.2 Å². The molecule has 1 aliphatic heterocycles. The number of oxazole rings is 1. The minimum absolute atomic E-state index is 0.0633. The Morgan fingerprint density at radius 2 is 2.05 bits per heavy atom. The predicted molar refractivity (Wildman–Crippen MR) is 137 cm³/mol. The van der Waals surface area contributed by atoms with Gasteiger partial charge >= 0.3 is 5.97 Å². The van der Waals surface area contributed by atoms with Crippen LogP contribution in [0.3, 0.4) is 0 Å². The summed E-state index contributed by atoms with van der Waals surface area (Å²) in [5.74, 6) is -1.53. The molecule has 37 heavy (non-hydrogen) atoms. The van der Waals surface area contributed by atoms with Crippen LogP contribution in [-0.2, 0) is 16.0 Å². The van der Waals surface area contributed by atoms with Gasteiger partial charge in [0.05, 0.1) is 36.4 Å². The number of carboxylic acid groups (broad SMARTS) is 1. The van der Waals surface area contributed by atoms with Crippen molar-refractivity contribution in [2.24, 2.45) is 0 Å². The van der Waals surface area contributed by atoms with Crippen LogP contribution in [0.2, 0.25) is 0 Å². The number of rotatable bonds is 10. The number of hydrogen-bond acceptors (Lipinski definition) is 9. The first kappa shape index (κ1) is 26.8. The highest BCUT2D eigenvalue weighted by atomic mass is 32.1. The summed E-state index contributed by atoms with van der Waals surface area (Å²) in [6, 6.07) is 7.74. The molecule has 0 bridgehead atoms. The number of carboxylic acids is 1. The van der Waals surface area contributed by atoms with Crippen molar-refractivity contribution in [3.8, 4) is 10.8 Å². The van der Waals surface area contributed by atoms with Crippen molar-refractivity contribution in [3.05, 3.63) is 59.0 Å². The second-order valence-corrected chi connectivity index (χ2v) is 10.2. The van der Waals surface area contributed by atoms with E-state index in [0.717, 1.165) is 22.4 Å². The average Bonchev–Trinajstić information content (AvgIpc) is 3.51. The Bertz CT molecular complexity index is 1270. The third-order valence-corrected chi connectivity index (χ3v) is 7.96. The minimum Gasteiger partial charge on any atom is -0.480 e. The van der Waals surface area contributed by atoms with E-state index in [1.807, 2.05) is 31.2 Å². The van der Waals surface area contributed by atoms with Gasteiger partial charge < -0.3 is 29.4 Å². The number of aliphatic carboxylic acids is 1. The van der Waals surface area contributed by atoms with Crippen LogP contribution < -0.4 is 4.90 Å². The number of aliphatic hydroxyl groups is 2. The van der Waals surface area contributed by atoms with E-state index in [1.165, 1.54) is 37.6 Å².